The van der Waals surface area contributed by atoms with Crippen LogP contribution in [-0.4, -0.2) is 76.3 Å². The number of rotatable bonds is 3. The van der Waals surface area contributed by atoms with Crippen molar-refractivity contribution in [2.45, 2.75) is 31.3 Å². The van der Waals surface area contributed by atoms with Crippen LogP contribution in [0.2, 0.25) is 0 Å². The van der Waals surface area contributed by atoms with E-state index < -0.39 is 12.1 Å². The standard InChI is InChI=1S/C18H21N3O3.C2HF3O2/c22-18(17-4-2-9-23-17)21-7-5-16-15(13-21)20(8-10-24-16)12-14-3-1-6-19-11-14;3-2(4,5)1(6)7/h1-4,6,9,11,15-16H,5,7-8,10,12-13H2;(H,6,7)/t15-,16-;/m0./s1. The van der Waals surface area contributed by atoms with E-state index in [2.05, 4.69) is 16.0 Å². The molecule has 2 aromatic heterocycles. The molecule has 0 bridgehead atoms. The van der Waals surface area contributed by atoms with Gasteiger partial charge in [-0.15, -0.1) is 0 Å². The lowest BCUT2D eigenvalue weighted by Crippen LogP contribution is -2.60. The van der Waals surface area contributed by atoms with Crippen LogP contribution in [0, 0.1) is 0 Å². The van der Waals surface area contributed by atoms with Crippen molar-refractivity contribution in [3.63, 3.8) is 0 Å². The molecule has 8 nitrogen and oxygen atoms in total. The fourth-order valence-electron chi connectivity index (χ4n) is 3.61. The molecule has 0 radical (unpaired) electrons. The Morgan fingerprint density at radius 2 is 2.00 bits per heavy atom. The predicted molar refractivity (Wildman–Crippen MR) is 101 cm³/mol. The monoisotopic (exact) mass is 441 g/mol. The second kappa shape index (κ2) is 9.92. The number of carbonyl (C=O) groups excluding carboxylic acids is 1. The van der Waals surface area contributed by atoms with E-state index >= 15 is 0 Å². The number of halogens is 3. The van der Waals surface area contributed by atoms with Gasteiger partial charge >= 0.3 is 12.1 Å². The summed E-state index contributed by atoms with van der Waals surface area (Å²) >= 11 is 0. The van der Waals surface area contributed by atoms with Gasteiger partial charge in [-0.2, -0.15) is 13.2 Å². The second-order valence-corrected chi connectivity index (χ2v) is 7.13. The smallest absolute Gasteiger partial charge is 0.475 e. The number of amides is 1. The van der Waals surface area contributed by atoms with Crippen LogP contribution in [-0.2, 0) is 16.1 Å². The number of carboxylic acid groups (broad SMARTS) is 1. The quantitative estimate of drug-likeness (QED) is 0.782. The van der Waals surface area contributed by atoms with Gasteiger partial charge in [0.25, 0.3) is 5.91 Å². The molecular formula is C20H22F3N3O5. The van der Waals surface area contributed by atoms with Crippen LogP contribution in [0.3, 0.4) is 0 Å². The summed E-state index contributed by atoms with van der Waals surface area (Å²) in [5.74, 6) is -2.39. The summed E-state index contributed by atoms with van der Waals surface area (Å²) in [7, 11) is 0. The molecule has 2 saturated heterocycles. The molecule has 2 fully saturated rings. The number of nitrogens with zero attached hydrogens (tertiary/aromatic N) is 3. The molecule has 1 amide bonds. The van der Waals surface area contributed by atoms with Crippen LogP contribution in [0.5, 0.6) is 0 Å². The summed E-state index contributed by atoms with van der Waals surface area (Å²) in [6.45, 7) is 3.83. The van der Waals surface area contributed by atoms with Gasteiger partial charge in [0.15, 0.2) is 5.76 Å². The zero-order chi connectivity index (χ0) is 22.4. The molecule has 1 N–H and O–H groups in total. The highest BCUT2D eigenvalue weighted by Crippen LogP contribution is 2.25. The van der Waals surface area contributed by atoms with Crippen molar-refractivity contribution < 1.29 is 37.0 Å². The SMILES string of the molecule is O=C(O)C(F)(F)F.O=C(c1ccco1)N1CC[C@@H]2OCCN(Cc3cccnc3)[C@H]2C1. The van der Waals surface area contributed by atoms with Gasteiger partial charge < -0.3 is 19.2 Å². The molecule has 2 aliphatic heterocycles. The first-order chi connectivity index (χ1) is 14.8. The Kier molecular flexibility index (Phi) is 7.29. The maximum Gasteiger partial charge on any atom is 0.490 e. The van der Waals surface area contributed by atoms with Crippen molar-refractivity contribution in [2.24, 2.45) is 0 Å². The minimum absolute atomic E-state index is 0.0367. The zero-order valence-corrected chi connectivity index (χ0v) is 16.5. The molecule has 4 rings (SSSR count). The summed E-state index contributed by atoms with van der Waals surface area (Å²) in [4.78, 5) is 29.9. The van der Waals surface area contributed by atoms with Crippen LogP contribution in [0.25, 0.3) is 0 Å². The number of hydrogen-bond acceptors (Lipinski definition) is 6. The Hall–Kier alpha value is -2.92. The maximum atomic E-state index is 12.6. The predicted octanol–water partition coefficient (Wildman–Crippen LogP) is 2.42. The highest BCUT2D eigenvalue weighted by molar-refractivity contribution is 5.91. The molecule has 0 spiro atoms. The Morgan fingerprint density at radius 1 is 1.23 bits per heavy atom. The molecule has 4 heterocycles. The van der Waals surface area contributed by atoms with Crippen LogP contribution in [0.1, 0.15) is 22.5 Å². The number of hydrogen-bond donors (Lipinski definition) is 1. The number of pyridine rings is 1. The van der Waals surface area contributed by atoms with E-state index in [0.717, 1.165) is 26.1 Å². The fourth-order valence-corrected chi connectivity index (χ4v) is 3.61. The van der Waals surface area contributed by atoms with Gasteiger partial charge in [-0.1, -0.05) is 6.07 Å². The first-order valence-electron chi connectivity index (χ1n) is 9.63. The number of fused-ring (bicyclic) bond motifs is 1. The lowest BCUT2D eigenvalue weighted by atomic mass is 9.98. The normalized spacial score (nSPS) is 21.6. The average molecular weight is 441 g/mol. The van der Waals surface area contributed by atoms with Gasteiger partial charge in [0.1, 0.15) is 0 Å². The topological polar surface area (TPSA) is 96.1 Å². The highest BCUT2D eigenvalue weighted by atomic mass is 19.4. The molecule has 31 heavy (non-hydrogen) atoms. The molecule has 2 atom stereocenters. The van der Waals surface area contributed by atoms with Crippen LogP contribution < -0.4 is 0 Å². The largest absolute Gasteiger partial charge is 0.490 e. The van der Waals surface area contributed by atoms with Crippen LogP contribution in [0.15, 0.2) is 47.3 Å². The number of ether oxygens (including phenoxy) is 1. The number of carboxylic acids is 1. The van der Waals surface area contributed by atoms with Gasteiger partial charge in [0.05, 0.1) is 25.0 Å². The number of aromatic nitrogens is 1. The van der Waals surface area contributed by atoms with Crippen LogP contribution in [0.4, 0.5) is 13.2 Å². The molecule has 2 aliphatic rings. The molecule has 2 aromatic rings. The Morgan fingerprint density at radius 3 is 2.61 bits per heavy atom. The van der Waals surface area contributed by atoms with Crippen molar-refractivity contribution in [3.05, 3.63) is 54.2 Å². The Bertz CT molecular complexity index is 861. The van der Waals surface area contributed by atoms with Crippen LogP contribution >= 0.6 is 0 Å². The minimum atomic E-state index is -5.08. The molecule has 11 heteroatoms. The molecule has 0 aromatic carbocycles. The number of likely N-dealkylation sites (tertiary alicyclic amines) is 1. The van der Waals surface area contributed by atoms with E-state index in [1.54, 1.807) is 24.6 Å². The summed E-state index contributed by atoms with van der Waals surface area (Å²) in [5, 5.41) is 7.12. The van der Waals surface area contributed by atoms with Crippen molar-refractivity contribution in [1.82, 2.24) is 14.8 Å². The third-order valence-electron chi connectivity index (χ3n) is 5.07. The molecule has 0 aliphatic carbocycles. The first kappa shape index (κ1) is 22.8. The summed E-state index contributed by atoms with van der Waals surface area (Å²) in [6.07, 6.45) is 1.20. The number of carbonyl (C=O) groups is 2. The van der Waals surface area contributed by atoms with Crippen molar-refractivity contribution in [2.75, 3.05) is 26.2 Å². The summed E-state index contributed by atoms with van der Waals surface area (Å²) in [5.41, 5.74) is 1.19. The highest BCUT2D eigenvalue weighted by Gasteiger charge is 2.39. The van der Waals surface area contributed by atoms with Crippen molar-refractivity contribution in [1.29, 1.82) is 0 Å². The number of piperidine rings is 1. The third-order valence-corrected chi connectivity index (χ3v) is 5.07. The van der Waals surface area contributed by atoms with E-state index in [1.165, 1.54) is 5.56 Å². The van der Waals surface area contributed by atoms with Gasteiger partial charge in [0.2, 0.25) is 0 Å². The van der Waals surface area contributed by atoms with E-state index in [1.807, 2.05) is 17.2 Å². The van der Waals surface area contributed by atoms with Gasteiger partial charge in [-0.25, -0.2) is 4.79 Å². The average Bonchev–Trinajstić information content (AvgIpc) is 3.29. The van der Waals surface area contributed by atoms with Gasteiger partial charge in [0, 0.05) is 38.6 Å². The van der Waals surface area contributed by atoms with Crippen molar-refractivity contribution in [3.8, 4) is 0 Å². The Labute approximate surface area is 176 Å². The van der Waals surface area contributed by atoms with E-state index in [9.17, 15) is 18.0 Å². The second-order valence-electron chi connectivity index (χ2n) is 7.13. The lowest BCUT2D eigenvalue weighted by molar-refractivity contribution is -0.192. The number of furan rings is 1. The number of aliphatic carboxylic acids is 1. The molecule has 0 unspecified atom stereocenters. The maximum absolute atomic E-state index is 12.6. The fraction of sp³-hybridized carbons (Fsp3) is 0.450. The zero-order valence-electron chi connectivity index (χ0n) is 16.5. The van der Waals surface area contributed by atoms with E-state index in [-0.39, 0.29) is 18.1 Å². The van der Waals surface area contributed by atoms with Gasteiger partial charge in [-0.3, -0.25) is 14.7 Å². The summed E-state index contributed by atoms with van der Waals surface area (Å²) in [6, 6.07) is 7.73. The third kappa shape index (κ3) is 6.05. The first-order valence-corrected chi connectivity index (χ1v) is 9.63. The summed E-state index contributed by atoms with van der Waals surface area (Å²) < 4.78 is 42.9. The van der Waals surface area contributed by atoms with Gasteiger partial charge in [-0.05, 0) is 30.2 Å². The lowest BCUT2D eigenvalue weighted by Gasteiger charge is -2.46. The molecular weight excluding hydrogens is 419 g/mol. The minimum Gasteiger partial charge on any atom is -0.475 e. The van der Waals surface area contributed by atoms with Crippen molar-refractivity contribution >= 4 is 11.9 Å². The number of alkyl halides is 3. The molecule has 0 saturated carbocycles. The van der Waals surface area contributed by atoms with E-state index in [0.29, 0.717) is 18.8 Å². The van der Waals surface area contributed by atoms with E-state index in [4.69, 9.17) is 19.1 Å². The molecule has 168 valence electrons. The number of morpholine rings is 1. The Balaban J connectivity index is 0.000000339.